The summed E-state index contributed by atoms with van der Waals surface area (Å²) in [6.07, 6.45) is -3.48. The summed E-state index contributed by atoms with van der Waals surface area (Å²) in [6, 6.07) is 5.00. The van der Waals surface area contributed by atoms with Crippen molar-refractivity contribution < 1.29 is 29.2 Å². The van der Waals surface area contributed by atoms with E-state index in [1.807, 2.05) is 13.0 Å². The monoisotopic (exact) mass is 389 g/mol. The fourth-order valence-corrected chi connectivity index (χ4v) is 3.50. The van der Waals surface area contributed by atoms with Crippen LogP contribution in [0.5, 0.6) is 0 Å². The molecule has 4 rings (SSSR count). The number of nitrogens with two attached hydrogens (primary N) is 1. The van der Waals surface area contributed by atoms with Crippen molar-refractivity contribution in [1.29, 1.82) is 5.26 Å². The van der Waals surface area contributed by atoms with E-state index in [1.54, 1.807) is 13.0 Å². The molecule has 1 saturated heterocycles. The number of hydrogen-bond acceptors (Lipinski definition) is 10. The smallest absolute Gasteiger partial charge is 0.431 e. The molecule has 11 heteroatoms. The van der Waals surface area contributed by atoms with Crippen molar-refractivity contribution in [2.45, 2.75) is 55.9 Å². The van der Waals surface area contributed by atoms with Gasteiger partial charge in [-0.05, 0) is 25.5 Å². The second kappa shape index (κ2) is 6.03. The maximum Gasteiger partial charge on any atom is 0.509 e. The molecule has 0 spiro atoms. The minimum atomic E-state index is -1.94. The van der Waals surface area contributed by atoms with E-state index in [4.69, 9.17) is 19.9 Å². The van der Waals surface area contributed by atoms with Gasteiger partial charge in [0.2, 0.25) is 5.60 Å². The van der Waals surface area contributed by atoms with Crippen molar-refractivity contribution in [2.24, 2.45) is 0 Å². The second-order valence-corrected chi connectivity index (χ2v) is 6.96. The highest BCUT2D eigenvalue weighted by Gasteiger charge is 2.84. The third-order valence-corrected chi connectivity index (χ3v) is 5.34. The van der Waals surface area contributed by atoms with Crippen LogP contribution in [-0.4, -0.2) is 61.0 Å². The lowest BCUT2D eigenvalue weighted by Crippen LogP contribution is -2.47. The van der Waals surface area contributed by atoms with E-state index >= 15 is 0 Å². The molecule has 1 aliphatic carbocycles. The van der Waals surface area contributed by atoms with Crippen molar-refractivity contribution in [3.63, 3.8) is 0 Å². The molecule has 148 valence electrons. The van der Waals surface area contributed by atoms with Crippen LogP contribution in [0.25, 0.3) is 5.52 Å². The molecule has 2 aliphatic rings. The first-order valence-corrected chi connectivity index (χ1v) is 8.75. The van der Waals surface area contributed by atoms with E-state index in [9.17, 15) is 20.3 Å². The molecule has 1 aliphatic heterocycles. The summed E-state index contributed by atoms with van der Waals surface area (Å²) in [5, 5.41) is 35.4. The zero-order valence-electron chi connectivity index (χ0n) is 15.1. The first kappa shape index (κ1) is 18.4. The Balaban J connectivity index is 1.61. The van der Waals surface area contributed by atoms with Gasteiger partial charge in [-0.15, -0.1) is 0 Å². The summed E-state index contributed by atoms with van der Waals surface area (Å²) in [5.41, 5.74) is 2.53. The normalized spacial score (nSPS) is 34.5. The second-order valence-electron chi connectivity index (χ2n) is 6.96. The molecular formula is C17H19N5O6. The van der Waals surface area contributed by atoms with E-state index in [1.165, 1.54) is 16.9 Å². The van der Waals surface area contributed by atoms with E-state index in [0.717, 1.165) is 0 Å². The van der Waals surface area contributed by atoms with Gasteiger partial charge in [-0.2, -0.15) is 10.4 Å². The van der Waals surface area contributed by atoms with E-state index < -0.39 is 35.7 Å². The third-order valence-electron chi connectivity index (χ3n) is 5.34. The molecule has 28 heavy (non-hydrogen) atoms. The lowest BCUT2D eigenvalue weighted by molar-refractivity contribution is -0.114. The summed E-state index contributed by atoms with van der Waals surface area (Å²) in [5.74, 6) is 0.180. The van der Waals surface area contributed by atoms with E-state index in [0.29, 0.717) is 11.9 Å². The van der Waals surface area contributed by atoms with Crippen molar-refractivity contribution in [2.75, 3.05) is 5.73 Å². The molecule has 2 aromatic heterocycles. The van der Waals surface area contributed by atoms with Crippen molar-refractivity contribution in [3.8, 4) is 6.07 Å². The van der Waals surface area contributed by atoms with Crippen molar-refractivity contribution in [1.82, 2.24) is 14.6 Å². The van der Waals surface area contributed by atoms with Gasteiger partial charge in [-0.1, -0.05) is 6.92 Å². The van der Waals surface area contributed by atoms with Crippen LogP contribution in [0.15, 0.2) is 18.5 Å². The fraction of sp³-hybridized carbons (Fsp3) is 0.529. The van der Waals surface area contributed by atoms with Crippen LogP contribution in [0.1, 0.15) is 26.0 Å². The molecule has 1 unspecified atom stereocenters. The van der Waals surface area contributed by atoms with Crippen LogP contribution in [0, 0.1) is 11.3 Å². The molecule has 0 radical (unpaired) electrons. The first-order chi connectivity index (χ1) is 13.3. The fourth-order valence-electron chi connectivity index (χ4n) is 3.50. The van der Waals surface area contributed by atoms with E-state index in [-0.39, 0.29) is 17.6 Å². The number of nitriles is 1. The zero-order chi connectivity index (χ0) is 20.3. The van der Waals surface area contributed by atoms with Crippen LogP contribution in [-0.2, 0) is 19.8 Å². The Labute approximate surface area is 159 Å². The van der Waals surface area contributed by atoms with Crippen LogP contribution in [0.2, 0.25) is 0 Å². The minimum absolute atomic E-state index is 0.174. The molecule has 0 amide bonds. The summed E-state index contributed by atoms with van der Waals surface area (Å²) < 4.78 is 17.1. The summed E-state index contributed by atoms with van der Waals surface area (Å²) in [6.45, 7) is 3.53. The Hall–Kier alpha value is -2.94. The average molecular weight is 389 g/mol. The number of aliphatic hydroxyl groups is 2. The number of nitrogens with zero attached hydrogens (tertiary/aromatic N) is 4. The standard InChI is InChI=1S/C17H19N5O6/c1-3-8(2)26-15(24)27-11-12-17(11,25)14(23)16(6-18,28-12)10-5-4-9-13(19)20-7-21-22(9)10/h4-5,7-8,11-12,14,23,25H,3H2,1-2H3,(H2,19,20,21)/t8-,11?,12-,14+,16+,17-/m1/s1. The number of aromatic nitrogens is 3. The maximum absolute atomic E-state index is 11.8. The Bertz CT molecular complexity index is 988. The number of fused-ring (bicyclic) bond motifs is 2. The highest BCUT2D eigenvalue weighted by molar-refractivity contribution is 5.66. The highest BCUT2D eigenvalue weighted by Crippen LogP contribution is 2.59. The number of carbonyl (C=O) groups excluding carboxylic acids is 1. The molecule has 0 aromatic carbocycles. The summed E-state index contributed by atoms with van der Waals surface area (Å²) >= 11 is 0. The largest absolute Gasteiger partial charge is 0.509 e. The maximum atomic E-state index is 11.8. The number of ether oxygens (including phenoxy) is 3. The van der Waals surface area contributed by atoms with Crippen LogP contribution < -0.4 is 5.73 Å². The van der Waals surface area contributed by atoms with Gasteiger partial charge < -0.3 is 30.2 Å². The van der Waals surface area contributed by atoms with Gasteiger partial charge in [-0.25, -0.2) is 14.3 Å². The molecular weight excluding hydrogens is 370 g/mol. The lowest BCUT2D eigenvalue weighted by atomic mass is 9.90. The number of rotatable bonds is 4. The molecule has 2 fully saturated rings. The first-order valence-electron chi connectivity index (χ1n) is 8.75. The predicted molar refractivity (Wildman–Crippen MR) is 91.6 cm³/mol. The van der Waals surface area contributed by atoms with Crippen LogP contribution in [0.4, 0.5) is 10.6 Å². The van der Waals surface area contributed by atoms with Gasteiger partial charge in [0, 0.05) is 0 Å². The molecule has 1 saturated carbocycles. The van der Waals surface area contributed by atoms with Crippen LogP contribution >= 0.6 is 0 Å². The van der Waals surface area contributed by atoms with Gasteiger partial charge in [0.1, 0.15) is 36.2 Å². The van der Waals surface area contributed by atoms with Crippen molar-refractivity contribution in [3.05, 3.63) is 24.2 Å². The predicted octanol–water partition coefficient (Wildman–Crippen LogP) is -0.145. The Kier molecular flexibility index (Phi) is 3.97. The number of aliphatic hydroxyl groups excluding tert-OH is 1. The van der Waals surface area contributed by atoms with Gasteiger partial charge in [-0.3, -0.25) is 0 Å². The van der Waals surface area contributed by atoms with Gasteiger partial charge in [0.05, 0.1) is 5.69 Å². The summed E-state index contributed by atoms with van der Waals surface area (Å²) in [7, 11) is 0. The topological polar surface area (TPSA) is 165 Å². The third kappa shape index (κ3) is 2.29. The number of hydrogen-bond donors (Lipinski definition) is 3. The van der Waals surface area contributed by atoms with Crippen molar-refractivity contribution >= 4 is 17.5 Å². The number of carbonyl (C=O) groups is 1. The Morgan fingerprint density at radius 1 is 1.57 bits per heavy atom. The quantitative estimate of drug-likeness (QED) is 0.599. The highest BCUT2D eigenvalue weighted by atomic mass is 16.8. The Morgan fingerprint density at radius 3 is 2.93 bits per heavy atom. The van der Waals surface area contributed by atoms with Gasteiger partial charge in [0.15, 0.2) is 17.5 Å². The molecule has 4 N–H and O–H groups in total. The molecule has 3 heterocycles. The Morgan fingerprint density at radius 2 is 2.32 bits per heavy atom. The molecule has 0 bridgehead atoms. The van der Waals surface area contributed by atoms with Crippen LogP contribution in [0.3, 0.4) is 0 Å². The molecule has 11 nitrogen and oxygen atoms in total. The van der Waals surface area contributed by atoms with Gasteiger partial charge >= 0.3 is 6.16 Å². The van der Waals surface area contributed by atoms with E-state index in [2.05, 4.69) is 10.1 Å². The SMILES string of the molecule is CC[C@@H](C)OC(=O)OC1[C@H]2O[C@@](C#N)(c3ccc4c(N)ncnn34)[C@H](O)[C@@]12O. The lowest BCUT2D eigenvalue weighted by Gasteiger charge is -2.29. The number of anilines is 1. The zero-order valence-corrected chi connectivity index (χ0v) is 15.1. The number of nitrogen functional groups attached to an aromatic ring is 1. The molecule has 6 atom stereocenters. The minimum Gasteiger partial charge on any atom is -0.431 e. The van der Waals surface area contributed by atoms with Gasteiger partial charge in [0.25, 0.3) is 0 Å². The average Bonchev–Trinajstić information content (AvgIpc) is 2.99. The summed E-state index contributed by atoms with van der Waals surface area (Å²) in [4.78, 5) is 15.7. The molecule has 2 aromatic rings.